The van der Waals surface area contributed by atoms with E-state index in [9.17, 15) is 0 Å². The molecule has 0 aromatic carbocycles. The molecule has 0 bridgehead atoms. The van der Waals surface area contributed by atoms with Crippen LogP contribution in [-0.2, 0) is 9.31 Å². The molecule has 2 saturated heterocycles. The van der Waals surface area contributed by atoms with Crippen molar-refractivity contribution in [1.29, 1.82) is 0 Å². The summed E-state index contributed by atoms with van der Waals surface area (Å²) >= 11 is 0. The summed E-state index contributed by atoms with van der Waals surface area (Å²) in [6.45, 7) is 12.1. The Kier molecular flexibility index (Phi) is 5.90. The Balaban J connectivity index is 1.46. The molecular formula is C21H36BN5O2. The van der Waals surface area contributed by atoms with E-state index >= 15 is 0 Å². The highest BCUT2D eigenvalue weighted by molar-refractivity contribution is 6.61. The number of rotatable bonds is 7. The van der Waals surface area contributed by atoms with Gasteiger partial charge in [-0.3, -0.25) is 4.90 Å². The minimum Gasteiger partial charge on any atom is -0.399 e. The van der Waals surface area contributed by atoms with E-state index in [1.807, 2.05) is 12.4 Å². The number of likely N-dealkylation sites (tertiary alicyclic amines) is 1. The monoisotopic (exact) mass is 401 g/mol. The van der Waals surface area contributed by atoms with Gasteiger partial charge in [0, 0.05) is 49.6 Å². The molecule has 1 saturated carbocycles. The lowest BCUT2D eigenvalue weighted by atomic mass is 9.81. The van der Waals surface area contributed by atoms with Gasteiger partial charge in [0.25, 0.3) is 0 Å². The molecule has 160 valence electrons. The van der Waals surface area contributed by atoms with Crippen molar-refractivity contribution in [3.63, 3.8) is 0 Å². The lowest BCUT2D eigenvalue weighted by molar-refractivity contribution is 0.00578. The van der Waals surface area contributed by atoms with Crippen molar-refractivity contribution in [3.05, 3.63) is 12.4 Å². The first-order chi connectivity index (χ1) is 13.8. The molecule has 1 aliphatic carbocycles. The van der Waals surface area contributed by atoms with E-state index in [1.54, 1.807) is 0 Å². The molecule has 8 heteroatoms. The van der Waals surface area contributed by atoms with Crippen molar-refractivity contribution in [2.45, 2.75) is 83.1 Å². The lowest BCUT2D eigenvalue weighted by Gasteiger charge is -2.38. The first kappa shape index (κ1) is 21.0. The predicted octanol–water partition coefficient (Wildman–Crippen LogP) is 1.56. The van der Waals surface area contributed by atoms with Gasteiger partial charge in [0.05, 0.1) is 11.2 Å². The number of nitrogens with zero attached hydrogens (tertiary/aromatic N) is 4. The highest BCUT2D eigenvalue weighted by Gasteiger charge is 2.52. The molecule has 29 heavy (non-hydrogen) atoms. The van der Waals surface area contributed by atoms with Crippen LogP contribution in [0, 0.1) is 0 Å². The Morgan fingerprint density at radius 2 is 1.76 bits per heavy atom. The van der Waals surface area contributed by atoms with Crippen LogP contribution in [0.4, 0.5) is 5.95 Å². The molecule has 0 spiro atoms. The summed E-state index contributed by atoms with van der Waals surface area (Å²) in [7, 11) is -0.415. The predicted molar refractivity (Wildman–Crippen MR) is 116 cm³/mol. The molecule has 3 heterocycles. The Morgan fingerprint density at radius 3 is 2.34 bits per heavy atom. The topological polar surface area (TPSA) is 76.7 Å². The Labute approximate surface area is 175 Å². The fourth-order valence-corrected chi connectivity index (χ4v) is 4.31. The number of nitrogens with two attached hydrogens (primary N) is 1. The fourth-order valence-electron chi connectivity index (χ4n) is 4.31. The number of hydrogen-bond donors (Lipinski definition) is 1. The standard InChI is InChI=1S/C21H36BN5O2/c1-20(2)21(3,4)29-22(28-20)16-13-24-19(25-14-16)27(17-8-9-17)15-18-7-5-6-11-26(18)12-10-23/h13-14,17-18H,5-12,15,23H2,1-4H3. The second-order valence-corrected chi connectivity index (χ2v) is 9.76. The minimum absolute atomic E-state index is 0.357. The van der Waals surface area contributed by atoms with Gasteiger partial charge in [-0.15, -0.1) is 0 Å². The number of piperidine rings is 1. The molecule has 3 fully saturated rings. The molecule has 0 radical (unpaired) electrons. The second-order valence-electron chi connectivity index (χ2n) is 9.76. The van der Waals surface area contributed by atoms with Gasteiger partial charge in [0.15, 0.2) is 0 Å². The highest BCUT2D eigenvalue weighted by atomic mass is 16.7. The van der Waals surface area contributed by atoms with E-state index in [4.69, 9.17) is 25.0 Å². The first-order valence-corrected chi connectivity index (χ1v) is 11.2. The van der Waals surface area contributed by atoms with Crippen LogP contribution in [0.2, 0.25) is 0 Å². The van der Waals surface area contributed by atoms with Crippen molar-refractivity contribution < 1.29 is 9.31 Å². The molecule has 1 atom stereocenters. The van der Waals surface area contributed by atoms with E-state index in [1.165, 1.54) is 32.1 Å². The van der Waals surface area contributed by atoms with Crippen LogP contribution in [0.15, 0.2) is 12.4 Å². The van der Waals surface area contributed by atoms with Gasteiger partial charge in [-0.1, -0.05) is 6.42 Å². The van der Waals surface area contributed by atoms with Crippen LogP contribution in [0.25, 0.3) is 0 Å². The van der Waals surface area contributed by atoms with Crippen LogP contribution in [0.5, 0.6) is 0 Å². The van der Waals surface area contributed by atoms with Gasteiger partial charge in [0.1, 0.15) is 0 Å². The third-order valence-corrected chi connectivity index (χ3v) is 7.00. The number of aromatic nitrogens is 2. The van der Waals surface area contributed by atoms with Crippen molar-refractivity contribution in [2.24, 2.45) is 5.73 Å². The van der Waals surface area contributed by atoms with Crippen LogP contribution >= 0.6 is 0 Å². The van der Waals surface area contributed by atoms with E-state index in [0.717, 1.165) is 37.6 Å². The zero-order valence-corrected chi connectivity index (χ0v) is 18.4. The van der Waals surface area contributed by atoms with Crippen molar-refractivity contribution in [2.75, 3.05) is 31.1 Å². The lowest BCUT2D eigenvalue weighted by Crippen LogP contribution is -2.49. The van der Waals surface area contributed by atoms with Crippen LogP contribution < -0.4 is 16.1 Å². The molecule has 7 nitrogen and oxygen atoms in total. The SMILES string of the molecule is CC1(C)OB(c2cnc(N(CC3CCCCN3CCN)C3CC3)nc2)OC1(C)C. The zero-order chi connectivity index (χ0) is 20.6. The van der Waals surface area contributed by atoms with E-state index < -0.39 is 7.12 Å². The van der Waals surface area contributed by atoms with Crippen molar-refractivity contribution in [3.8, 4) is 0 Å². The quantitative estimate of drug-likeness (QED) is 0.695. The zero-order valence-electron chi connectivity index (χ0n) is 18.4. The summed E-state index contributed by atoms with van der Waals surface area (Å²) < 4.78 is 12.3. The van der Waals surface area contributed by atoms with Crippen LogP contribution in [0.1, 0.15) is 59.8 Å². The van der Waals surface area contributed by atoms with Crippen LogP contribution in [-0.4, -0.2) is 71.5 Å². The molecule has 4 rings (SSSR count). The van der Waals surface area contributed by atoms with Crippen molar-refractivity contribution >= 4 is 18.5 Å². The minimum atomic E-state index is -0.415. The van der Waals surface area contributed by atoms with E-state index in [-0.39, 0.29) is 11.2 Å². The summed E-state index contributed by atoms with van der Waals surface area (Å²) in [4.78, 5) is 14.4. The van der Waals surface area contributed by atoms with Crippen molar-refractivity contribution in [1.82, 2.24) is 14.9 Å². The fraction of sp³-hybridized carbons (Fsp3) is 0.810. The largest absolute Gasteiger partial charge is 0.498 e. The van der Waals surface area contributed by atoms with E-state index in [2.05, 4.69) is 37.5 Å². The second kappa shape index (κ2) is 8.14. The molecule has 0 amide bonds. The molecule has 1 aromatic heterocycles. The Hall–Kier alpha value is -1.22. The maximum absolute atomic E-state index is 6.14. The maximum atomic E-state index is 6.14. The molecule has 2 N–H and O–H groups in total. The Morgan fingerprint density at radius 1 is 1.10 bits per heavy atom. The first-order valence-electron chi connectivity index (χ1n) is 11.2. The normalized spacial score (nSPS) is 26.7. The van der Waals surface area contributed by atoms with Gasteiger partial charge in [0.2, 0.25) is 5.95 Å². The molecule has 1 aromatic rings. The third kappa shape index (κ3) is 4.45. The highest BCUT2D eigenvalue weighted by Crippen LogP contribution is 2.36. The molecule has 2 aliphatic heterocycles. The van der Waals surface area contributed by atoms with E-state index in [0.29, 0.717) is 12.1 Å². The van der Waals surface area contributed by atoms with Gasteiger partial charge in [-0.2, -0.15) is 0 Å². The number of anilines is 1. The summed E-state index contributed by atoms with van der Waals surface area (Å²) in [6.07, 6.45) is 10.0. The van der Waals surface area contributed by atoms with Gasteiger partial charge in [-0.25, -0.2) is 9.97 Å². The third-order valence-electron chi connectivity index (χ3n) is 7.00. The summed E-state index contributed by atoms with van der Waals surface area (Å²) in [5.41, 5.74) is 6.01. The number of hydrogen-bond acceptors (Lipinski definition) is 7. The van der Waals surface area contributed by atoms with Crippen LogP contribution in [0.3, 0.4) is 0 Å². The van der Waals surface area contributed by atoms with Gasteiger partial charge in [-0.05, 0) is 59.9 Å². The smallest absolute Gasteiger partial charge is 0.399 e. The molecule has 1 unspecified atom stereocenters. The summed E-state index contributed by atoms with van der Waals surface area (Å²) in [5.74, 6) is 0.825. The van der Waals surface area contributed by atoms with Gasteiger partial charge >= 0.3 is 7.12 Å². The summed E-state index contributed by atoms with van der Waals surface area (Å²) in [6, 6.07) is 1.11. The molecule has 3 aliphatic rings. The Bertz CT molecular complexity index is 677. The average Bonchev–Trinajstić information content (AvgIpc) is 3.48. The summed E-state index contributed by atoms with van der Waals surface area (Å²) in [5, 5.41) is 0. The molecular weight excluding hydrogens is 365 g/mol. The maximum Gasteiger partial charge on any atom is 0.498 e. The van der Waals surface area contributed by atoms with Gasteiger partial charge < -0.3 is 19.9 Å². The average molecular weight is 401 g/mol.